The maximum absolute atomic E-state index is 5.97. The van der Waals surface area contributed by atoms with Gasteiger partial charge in [-0.05, 0) is 36.9 Å². The second kappa shape index (κ2) is 5.35. The molecular weight excluding hydrogens is 254 g/mol. The van der Waals surface area contributed by atoms with Gasteiger partial charge >= 0.3 is 0 Å². The predicted molar refractivity (Wildman–Crippen MR) is 80.0 cm³/mol. The fraction of sp³-hybridized carbons (Fsp3) is 0.375. The van der Waals surface area contributed by atoms with E-state index in [-0.39, 0.29) is 6.10 Å². The molecule has 1 aromatic heterocycles. The van der Waals surface area contributed by atoms with Crippen molar-refractivity contribution in [1.82, 2.24) is 5.32 Å². The summed E-state index contributed by atoms with van der Waals surface area (Å²) in [7, 11) is 0. The van der Waals surface area contributed by atoms with E-state index in [2.05, 4.69) is 54.9 Å². The first-order valence-electron chi connectivity index (χ1n) is 6.75. The molecule has 19 heavy (non-hydrogen) atoms. The van der Waals surface area contributed by atoms with Crippen molar-refractivity contribution in [3.63, 3.8) is 0 Å². The van der Waals surface area contributed by atoms with Crippen molar-refractivity contribution in [2.75, 3.05) is 6.54 Å². The minimum Gasteiger partial charge on any atom is -0.488 e. The summed E-state index contributed by atoms with van der Waals surface area (Å²) in [5.74, 6) is 1.06. The van der Waals surface area contributed by atoms with E-state index < -0.39 is 0 Å². The smallest absolute Gasteiger partial charge is 0.123 e. The number of nitrogens with one attached hydrogen (secondary N) is 1. The zero-order chi connectivity index (χ0) is 13.2. The van der Waals surface area contributed by atoms with Crippen LogP contribution in [0, 0.1) is 6.92 Å². The quantitative estimate of drug-likeness (QED) is 0.917. The number of fused-ring (bicyclic) bond motifs is 1. The summed E-state index contributed by atoms with van der Waals surface area (Å²) in [6, 6.07) is 11.1. The van der Waals surface area contributed by atoms with Gasteiger partial charge in [0.1, 0.15) is 11.9 Å². The molecule has 0 spiro atoms. The monoisotopic (exact) mass is 273 g/mol. The van der Waals surface area contributed by atoms with Gasteiger partial charge in [-0.2, -0.15) is 0 Å². The van der Waals surface area contributed by atoms with Gasteiger partial charge < -0.3 is 10.1 Å². The van der Waals surface area contributed by atoms with Crippen molar-refractivity contribution in [2.24, 2.45) is 0 Å². The molecule has 2 unspecified atom stereocenters. The number of hydrogen-bond donors (Lipinski definition) is 1. The largest absolute Gasteiger partial charge is 0.488 e. The maximum Gasteiger partial charge on any atom is 0.123 e. The molecule has 1 N–H and O–H groups in total. The second-order valence-electron chi connectivity index (χ2n) is 5.20. The number of thiophene rings is 1. The Balaban J connectivity index is 1.56. The van der Waals surface area contributed by atoms with E-state index in [0.717, 1.165) is 18.7 Å². The van der Waals surface area contributed by atoms with Gasteiger partial charge in [0.15, 0.2) is 0 Å². The molecule has 2 atom stereocenters. The van der Waals surface area contributed by atoms with Crippen molar-refractivity contribution in [3.05, 3.63) is 51.7 Å². The van der Waals surface area contributed by atoms with Crippen LogP contribution in [0.1, 0.15) is 29.0 Å². The molecule has 100 valence electrons. The van der Waals surface area contributed by atoms with Crippen LogP contribution in [0.3, 0.4) is 0 Å². The Morgan fingerprint density at radius 1 is 1.42 bits per heavy atom. The molecule has 2 nitrogen and oxygen atoms in total. The second-order valence-corrected chi connectivity index (χ2v) is 6.18. The van der Waals surface area contributed by atoms with Crippen LogP contribution in [0.4, 0.5) is 0 Å². The Labute approximate surface area is 118 Å². The topological polar surface area (TPSA) is 21.3 Å². The highest BCUT2D eigenvalue weighted by atomic mass is 32.1. The number of benzene rings is 1. The molecule has 0 bridgehead atoms. The van der Waals surface area contributed by atoms with E-state index in [1.165, 1.54) is 16.0 Å². The Kier molecular flexibility index (Phi) is 3.58. The molecule has 0 fully saturated rings. The minimum absolute atomic E-state index is 0.263. The third-order valence-corrected chi connectivity index (χ3v) is 4.63. The van der Waals surface area contributed by atoms with Crippen LogP contribution in [-0.2, 0) is 6.42 Å². The molecular formula is C16H19NOS. The molecule has 3 heteroatoms. The molecule has 1 aliphatic heterocycles. The van der Waals surface area contributed by atoms with Gasteiger partial charge in [0.05, 0.1) is 0 Å². The number of hydrogen-bond acceptors (Lipinski definition) is 3. The summed E-state index contributed by atoms with van der Waals surface area (Å²) in [5.41, 5.74) is 2.65. The van der Waals surface area contributed by atoms with E-state index in [0.29, 0.717) is 6.04 Å². The summed E-state index contributed by atoms with van der Waals surface area (Å²) in [5, 5.41) is 5.69. The van der Waals surface area contributed by atoms with Crippen LogP contribution in [0.25, 0.3) is 0 Å². The molecule has 0 aliphatic carbocycles. The fourth-order valence-corrected chi connectivity index (χ4v) is 3.27. The molecule has 3 rings (SSSR count). The standard InChI is InChI=1S/C16H19NOS/c1-11-5-6-15-13(8-11)9-14(18-15)10-17-12(2)16-4-3-7-19-16/h3-8,12,14,17H,9-10H2,1-2H3. The van der Waals surface area contributed by atoms with Crippen LogP contribution in [-0.4, -0.2) is 12.6 Å². The maximum atomic E-state index is 5.97. The fourth-order valence-electron chi connectivity index (χ4n) is 2.51. The van der Waals surface area contributed by atoms with Gasteiger partial charge in [-0.25, -0.2) is 0 Å². The van der Waals surface area contributed by atoms with Gasteiger partial charge in [-0.15, -0.1) is 11.3 Å². The third kappa shape index (κ3) is 2.82. The Bertz CT molecular complexity index is 550. The van der Waals surface area contributed by atoms with Gasteiger partial charge in [0, 0.05) is 23.9 Å². The zero-order valence-corrected chi connectivity index (χ0v) is 12.2. The van der Waals surface area contributed by atoms with Crippen LogP contribution in [0.15, 0.2) is 35.7 Å². The number of ether oxygens (including phenoxy) is 1. The predicted octanol–water partition coefficient (Wildman–Crippen LogP) is 3.71. The summed E-state index contributed by atoms with van der Waals surface area (Å²) in [6.07, 6.45) is 1.28. The Hall–Kier alpha value is -1.32. The third-order valence-electron chi connectivity index (χ3n) is 3.58. The van der Waals surface area contributed by atoms with E-state index in [9.17, 15) is 0 Å². The highest BCUT2D eigenvalue weighted by molar-refractivity contribution is 7.10. The SMILES string of the molecule is Cc1ccc2c(c1)CC(CNC(C)c1cccs1)O2. The van der Waals surface area contributed by atoms with Gasteiger partial charge in [0.2, 0.25) is 0 Å². The highest BCUT2D eigenvalue weighted by Gasteiger charge is 2.23. The van der Waals surface area contributed by atoms with E-state index in [1.54, 1.807) is 11.3 Å². The van der Waals surface area contributed by atoms with Gasteiger partial charge in [-0.1, -0.05) is 23.8 Å². The zero-order valence-electron chi connectivity index (χ0n) is 11.3. The van der Waals surface area contributed by atoms with Crippen LogP contribution < -0.4 is 10.1 Å². The Morgan fingerprint density at radius 3 is 3.11 bits per heavy atom. The summed E-state index contributed by atoms with van der Waals surface area (Å²) >= 11 is 1.80. The van der Waals surface area contributed by atoms with E-state index in [1.807, 2.05) is 0 Å². The van der Waals surface area contributed by atoms with Crippen LogP contribution in [0.5, 0.6) is 5.75 Å². The summed E-state index contributed by atoms with van der Waals surface area (Å²) in [4.78, 5) is 1.38. The first-order chi connectivity index (χ1) is 9.22. The summed E-state index contributed by atoms with van der Waals surface area (Å²) < 4.78 is 5.97. The lowest BCUT2D eigenvalue weighted by molar-refractivity contribution is 0.223. The van der Waals surface area contributed by atoms with Crippen molar-refractivity contribution < 1.29 is 4.74 Å². The minimum atomic E-state index is 0.263. The molecule has 0 saturated carbocycles. The first-order valence-corrected chi connectivity index (χ1v) is 7.63. The van der Waals surface area contributed by atoms with Gasteiger partial charge in [-0.3, -0.25) is 0 Å². The summed E-state index contributed by atoms with van der Waals surface area (Å²) in [6.45, 7) is 5.23. The molecule has 0 saturated heterocycles. The molecule has 2 heterocycles. The van der Waals surface area contributed by atoms with E-state index in [4.69, 9.17) is 4.74 Å². The van der Waals surface area contributed by atoms with Crippen LogP contribution >= 0.6 is 11.3 Å². The average Bonchev–Trinajstić information content (AvgIpc) is 3.04. The molecule has 1 aromatic carbocycles. The number of rotatable bonds is 4. The first kappa shape index (κ1) is 12.7. The van der Waals surface area contributed by atoms with E-state index >= 15 is 0 Å². The van der Waals surface area contributed by atoms with Crippen molar-refractivity contribution >= 4 is 11.3 Å². The molecule has 0 amide bonds. The molecule has 0 radical (unpaired) electrons. The lowest BCUT2D eigenvalue weighted by atomic mass is 10.1. The number of aryl methyl sites for hydroxylation is 1. The molecule has 1 aliphatic rings. The van der Waals surface area contributed by atoms with Crippen molar-refractivity contribution in [3.8, 4) is 5.75 Å². The lowest BCUT2D eigenvalue weighted by Gasteiger charge is -2.16. The van der Waals surface area contributed by atoms with Crippen molar-refractivity contribution in [1.29, 1.82) is 0 Å². The average molecular weight is 273 g/mol. The highest BCUT2D eigenvalue weighted by Crippen LogP contribution is 2.29. The lowest BCUT2D eigenvalue weighted by Crippen LogP contribution is -2.31. The van der Waals surface area contributed by atoms with Crippen molar-refractivity contribution in [2.45, 2.75) is 32.4 Å². The Morgan fingerprint density at radius 2 is 2.32 bits per heavy atom. The normalized spacial score (nSPS) is 18.9. The van der Waals surface area contributed by atoms with Crippen LogP contribution in [0.2, 0.25) is 0 Å². The molecule has 2 aromatic rings. The van der Waals surface area contributed by atoms with Gasteiger partial charge in [0.25, 0.3) is 0 Å².